The van der Waals surface area contributed by atoms with Crippen molar-refractivity contribution in [1.29, 1.82) is 0 Å². The number of aryl methyl sites for hydroxylation is 3. The van der Waals surface area contributed by atoms with E-state index in [-0.39, 0.29) is 16.8 Å². The molecule has 0 bridgehead atoms. The largest absolute Gasteiger partial charge is 0.324 e. The fourth-order valence-electron chi connectivity index (χ4n) is 7.46. The molecule has 4 rings (SSSR count). The van der Waals surface area contributed by atoms with Gasteiger partial charge in [0.25, 0.3) is 5.56 Å². The van der Waals surface area contributed by atoms with Crippen molar-refractivity contribution in [2.45, 2.75) is 136 Å². The molecule has 2 aliphatic carbocycles. The number of benzene rings is 1. The normalized spacial score (nSPS) is 20.4. The molecule has 0 aliphatic heterocycles. The third-order valence-electron chi connectivity index (χ3n) is 10.5. The number of hydrogen-bond acceptors (Lipinski definition) is 4. The predicted molar refractivity (Wildman–Crippen MR) is 189 cm³/mol. The second kappa shape index (κ2) is 16.6. The van der Waals surface area contributed by atoms with Crippen LogP contribution in [-0.2, 0) is 24.8 Å². The van der Waals surface area contributed by atoms with E-state index in [1.807, 2.05) is 16.8 Å². The van der Waals surface area contributed by atoms with Gasteiger partial charge >= 0.3 is 0 Å². The third kappa shape index (κ3) is 9.77. The summed E-state index contributed by atoms with van der Waals surface area (Å²) >= 11 is 0. The van der Waals surface area contributed by atoms with Gasteiger partial charge in [-0.15, -0.1) is 0 Å². The summed E-state index contributed by atoms with van der Waals surface area (Å²) in [5.74, 6) is 7.87. The molecule has 1 aromatic carbocycles. The number of carbonyl (C=O) groups is 1. The average Bonchev–Trinajstić information content (AvgIpc) is 3.83. The number of ketones is 1. The Balaban J connectivity index is 1.40. The van der Waals surface area contributed by atoms with Crippen LogP contribution in [0.1, 0.15) is 138 Å². The van der Waals surface area contributed by atoms with Gasteiger partial charge in [0.15, 0.2) is 5.78 Å². The number of nitrogens with zero attached hydrogens (tertiary/aromatic N) is 2. The van der Waals surface area contributed by atoms with Gasteiger partial charge in [0.05, 0.1) is 5.56 Å². The number of nitrogens with two attached hydrogens (primary N) is 1. The molecule has 0 saturated heterocycles. The van der Waals surface area contributed by atoms with Crippen LogP contribution in [0.2, 0.25) is 0 Å². The quantitative estimate of drug-likeness (QED) is 0.0404. The Labute approximate surface area is 272 Å². The fourth-order valence-corrected chi connectivity index (χ4v) is 7.46. The second-order valence-corrected chi connectivity index (χ2v) is 14.9. The molecule has 2 N–H and O–H groups in total. The molecule has 5 heteroatoms. The van der Waals surface area contributed by atoms with Crippen LogP contribution in [0.3, 0.4) is 0 Å². The molecule has 0 amide bonds. The summed E-state index contributed by atoms with van der Waals surface area (Å²) in [7, 11) is 0. The van der Waals surface area contributed by atoms with E-state index >= 15 is 0 Å². The molecule has 45 heavy (non-hydrogen) atoms. The van der Waals surface area contributed by atoms with Crippen molar-refractivity contribution in [1.82, 2.24) is 4.57 Å². The molecule has 5 nitrogen and oxygen atoms in total. The van der Waals surface area contributed by atoms with Gasteiger partial charge in [-0.3, -0.25) is 9.59 Å². The molecule has 2 aromatic rings. The topological polar surface area (TPSA) is 77.4 Å². The SMILES string of the molecule is C=C(C(C)CC/C=N\N)[C@]1(c2cccc(CCCC(=O)c3cc(CCCCCC(C)C)cn(CCC4CC4)c3=O)c2)C[C@H](C)C1. The van der Waals surface area contributed by atoms with Crippen LogP contribution >= 0.6 is 0 Å². The monoisotopic (exact) mass is 613 g/mol. The van der Waals surface area contributed by atoms with Crippen LogP contribution in [-0.4, -0.2) is 16.6 Å². The van der Waals surface area contributed by atoms with Crippen molar-refractivity contribution in [2.24, 2.45) is 34.6 Å². The van der Waals surface area contributed by atoms with Gasteiger partial charge in [-0.25, -0.2) is 0 Å². The minimum Gasteiger partial charge on any atom is -0.324 e. The molecule has 0 radical (unpaired) electrons. The van der Waals surface area contributed by atoms with E-state index < -0.39 is 0 Å². The molecule has 1 unspecified atom stereocenters. The van der Waals surface area contributed by atoms with Gasteiger partial charge in [-0.1, -0.05) is 96.2 Å². The number of allylic oxidation sites excluding steroid dienone is 1. The van der Waals surface area contributed by atoms with Crippen molar-refractivity contribution < 1.29 is 4.79 Å². The highest BCUT2D eigenvalue weighted by Gasteiger charge is 2.46. The molecule has 2 fully saturated rings. The first-order valence-corrected chi connectivity index (χ1v) is 17.9. The lowest BCUT2D eigenvalue weighted by atomic mass is 9.54. The molecule has 246 valence electrons. The van der Waals surface area contributed by atoms with Gasteiger partial charge in [-0.2, -0.15) is 5.10 Å². The van der Waals surface area contributed by atoms with Gasteiger partial charge in [0.2, 0.25) is 0 Å². The summed E-state index contributed by atoms with van der Waals surface area (Å²) in [6.45, 7) is 14.5. The highest BCUT2D eigenvalue weighted by atomic mass is 16.1. The van der Waals surface area contributed by atoms with Crippen LogP contribution in [0.25, 0.3) is 0 Å². The van der Waals surface area contributed by atoms with Crippen LogP contribution in [0.5, 0.6) is 0 Å². The third-order valence-corrected chi connectivity index (χ3v) is 10.5. The zero-order valence-electron chi connectivity index (χ0n) is 28.7. The molecule has 2 saturated carbocycles. The molecular weight excluding hydrogens is 554 g/mol. The van der Waals surface area contributed by atoms with Crippen molar-refractivity contribution in [3.05, 3.63) is 81.3 Å². The lowest BCUT2D eigenvalue weighted by Crippen LogP contribution is -2.43. The number of hydrazone groups is 1. The van der Waals surface area contributed by atoms with Crippen LogP contribution in [0, 0.1) is 23.7 Å². The zero-order chi connectivity index (χ0) is 32.4. The Hall–Kier alpha value is -2.95. The molecule has 2 aliphatic rings. The maximum absolute atomic E-state index is 13.5. The standard InChI is InChI=1S/C40H59N3O2/c1-29(2)12-7-6-8-14-35-25-37(39(45)43(28-35)23-21-33-19-20-33)38(44)18-10-16-34-15-9-17-36(24-34)40(26-30(3)27-40)32(5)31(4)13-11-22-42-41/h9,15,17,22,24-25,28-31,33H,5-8,10-14,16,18-21,23,26-27,41H2,1-4H3/b42-22-/t30-,31?,40-. The Bertz CT molecular complexity index is 1360. The summed E-state index contributed by atoms with van der Waals surface area (Å²) in [6.07, 6.45) is 19.2. The van der Waals surface area contributed by atoms with E-state index in [0.29, 0.717) is 23.8 Å². The second-order valence-electron chi connectivity index (χ2n) is 14.9. The van der Waals surface area contributed by atoms with Gasteiger partial charge in [0, 0.05) is 30.8 Å². The number of unbranched alkanes of at least 4 members (excludes halogenated alkanes) is 2. The Morgan fingerprint density at radius 2 is 1.82 bits per heavy atom. The maximum Gasteiger partial charge on any atom is 0.261 e. The number of pyridine rings is 1. The van der Waals surface area contributed by atoms with Crippen molar-refractivity contribution in [2.75, 3.05) is 0 Å². The van der Waals surface area contributed by atoms with E-state index in [4.69, 9.17) is 5.84 Å². The van der Waals surface area contributed by atoms with E-state index in [0.717, 1.165) is 81.7 Å². The fraction of sp³-hybridized carbons (Fsp3) is 0.625. The highest BCUT2D eigenvalue weighted by Crippen LogP contribution is 2.54. The first-order valence-electron chi connectivity index (χ1n) is 17.9. The average molecular weight is 614 g/mol. The zero-order valence-corrected chi connectivity index (χ0v) is 28.7. The lowest BCUT2D eigenvalue weighted by Gasteiger charge is -2.50. The van der Waals surface area contributed by atoms with Crippen LogP contribution < -0.4 is 11.4 Å². The van der Waals surface area contributed by atoms with Crippen LogP contribution in [0.15, 0.2) is 58.6 Å². The minimum atomic E-state index is -0.0994. The number of rotatable bonds is 20. The minimum absolute atomic E-state index is 0.00880. The Morgan fingerprint density at radius 1 is 1.07 bits per heavy atom. The van der Waals surface area contributed by atoms with E-state index in [1.54, 1.807) is 6.21 Å². The lowest BCUT2D eigenvalue weighted by molar-refractivity contribution is 0.0978. The summed E-state index contributed by atoms with van der Waals surface area (Å²) in [4.78, 5) is 26.9. The molecule has 0 spiro atoms. The van der Waals surface area contributed by atoms with Crippen molar-refractivity contribution >= 4 is 12.0 Å². The van der Waals surface area contributed by atoms with Gasteiger partial charge < -0.3 is 10.4 Å². The molecule has 1 atom stereocenters. The smallest absolute Gasteiger partial charge is 0.261 e. The maximum atomic E-state index is 13.5. The molecule has 1 heterocycles. The van der Waals surface area contributed by atoms with E-state index in [2.05, 4.69) is 63.6 Å². The molecule has 1 aromatic heterocycles. The Morgan fingerprint density at radius 3 is 2.51 bits per heavy atom. The number of aromatic nitrogens is 1. The van der Waals surface area contributed by atoms with Gasteiger partial charge in [0.1, 0.15) is 0 Å². The number of carbonyl (C=O) groups excluding carboxylic acids is 1. The summed E-state index contributed by atoms with van der Waals surface area (Å²) < 4.78 is 1.84. The first-order chi connectivity index (χ1) is 21.6. The van der Waals surface area contributed by atoms with E-state index in [9.17, 15) is 9.59 Å². The molecular formula is C40H59N3O2. The predicted octanol–water partition coefficient (Wildman–Crippen LogP) is 9.20. The van der Waals surface area contributed by atoms with Crippen molar-refractivity contribution in [3.8, 4) is 0 Å². The summed E-state index contributed by atoms with van der Waals surface area (Å²) in [5, 5.41) is 3.66. The highest BCUT2D eigenvalue weighted by molar-refractivity contribution is 5.95. The van der Waals surface area contributed by atoms with Crippen molar-refractivity contribution in [3.63, 3.8) is 0 Å². The summed E-state index contributed by atoms with van der Waals surface area (Å²) in [5.41, 5.74) is 5.38. The first kappa shape index (κ1) is 34.9. The number of hydrogen-bond donors (Lipinski definition) is 1. The van der Waals surface area contributed by atoms with Crippen LogP contribution in [0.4, 0.5) is 0 Å². The summed E-state index contributed by atoms with van der Waals surface area (Å²) in [6, 6.07) is 10.9. The van der Waals surface area contributed by atoms with Gasteiger partial charge in [-0.05, 0) is 104 Å². The van der Waals surface area contributed by atoms with E-state index in [1.165, 1.54) is 48.8 Å². The number of Topliss-reactive ketones (excluding diaryl/α,β-unsaturated/α-hetero) is 1. The Kier molecular flexibility index (Phi) is 12.9.